The van der Waals surface area contributed by atoms with Gasteiger partial charge in [-0.25, -0.2) is 0 Å². The zero-order valence-electron chi connectivity index (χ0n) is 42.4. The molecule has 8 N–H and O–H groups in total. The van der Waals surface area contributed by atoms with Gasteiger partial charge in [0.25, 0.3) is 40.5 Å². The molecule has 31 heteroatoms. The first-order chi connectivity index (χ1) is 37.7. The summed E-state index contributed by atoms with van der Waals surface area (Å²) < 4.78 is 156. The van der Waals surface area contributed by atoms with Gasteiger partial charge in [-0.2, -0.15) is 49.0 Å². The van der Waals surface area contributed by atoms with Crippen molar-refractivity contribution in [1.29, 1.82) is 0 Å². The number of azo groups is 4. The number of anilines is 2. The van der Waals surface area contributed by atoms with E-state index in [0.29, 0.717) is 45.7 Å². The monoisotopic (exact) mass is 1180 g/mol. The van der Waals surface area contributed by atoms with Crippen molar-refractivity contribution in [2.45, 2.75) is 41.4 Å². The van der Waals surface area contributed by atoms with Crippen LogP contribution in [0.5, 0.6) is 28.7 Å². The van der Waals surface area contributed by atoms with Crippen molar-refractivity contribution >= 4 is 108 Å². The molecule has 0 aliphatic rings. The summed E-state index contributed by atoms with van der Waals surface area (Å²) in [6.07, 6.45) is 0.200. The maximum absolute atomic E-state index is 12.7. The first kappa shape index (κ1) is 59.1. The number of nitrogens with zero attached hydrogens (tertiary/aromatic N) is 8. The summed E-state index contributed by atoms with van der Waals surface area (Å²) in [5, 5.41) is 48.4. The molecule has 0 saturated carbocycles. The van der Waals surface area contributed by atoms with Gasteiger partial charge in [-0.05, 0) is 134 Å². The molecule has 0 aliphatic carbocycles. The van der Waals surface area contributed by atoms with Gasteiger partial charge in [0.15, 0.2) is 12.5 Å². The van der Waals surface area contributed by atoms with Crippen LogP contribution < -0.4 is 30.0 Å². The number of rotatable bonds is 23. The number of unbranched alkanes of at least 4 members (excludes halogenated alkanes) is 1. The Hall–Kier alpha value is -8.56. The minimum absolute atomic E-state index is 0.0356. The van der Waals surface area contributed by atoms with Crippen LogP contribution in [0.25, 0.3) is 10.8 Å². The van der Waals surface area contributed by atoms with Crippen molar-refractivity contribution < 1.29 is 75.9 Å². The molecule has 0 saturated heterocycles. The van der Waals surface area contributed by atoms with Crippen molar-refractivity contribution in [2.24, 2.45) is 40.9 Å². The normalized spacial score (nSPS) is 12.6. The molecule has 27 nitrogen and oxygen atoms in total. The van der Waals surface area contributed by atoms with Crippen molar-refractivity contribution in [3.63, 3.8) is 0 Å². The summed E-state index contributed by atoms with van der Waals surface area (Å²) in [7, 11) is -16.4. The highest BCUT2D eigenvalue weighted by atomic mass is 32.2. The summed E-state index contributed by atoms with van der Waals surface area (Å²) >= 11 is 0. The summed E-state index contributed by atoms with van der Waals surface area (Å²) in [5.74, 6) is -0.173. The summed E-state index contributed by atoms with van der Waals surface area (Å²) in [6, 6.07) is 25.1. The topological polar surface area (TPSA) is 412 Å². The third-order valence-electron chi connectivity index (χ3n) is 11.3. The Balaban J connectivity index is 1.12. The molecular weight excluding hydrogens is 1130 g/mol. The number of ether oxygens (including phenoxy) is 4. The van der Waals surface area contributed by atoms with E-state index in [0.717, 1.165) is 18.2 Å². The average molecular weight is 1180 g/mol. The van der Waals surface area contributed by atoms with E-state index in [1.807, 2.05) is 0 Å². The van der Waals surface area contributed by atoms with Gasteiger partial charge in [-0.1, -0.05) is 0 Å². The van der Waals surface area contributed by atoms with Gasteiger partial charge in [-0.3, -0.25) is 18.2 Å². The molecule has 0 heterocycles. The van der Waals surface area contributed by atoms with E-state index in [-0.39, 0.29) is 76.9 Å². The molecule has 7 aromatic carbocycles. The van der Waals surface area contributed by atoms with Crippen molar-refractivity contribution in [3.8, 4) is 28.7 Å². The number of hydrogen-bond acceptors (Lipinski definition) is 23. The standard InChI is InChI=1S/C49H48N10O17S4/c1-28-19-41(43(73-3)25-39(28)55-53-37-15-10-33(23-45(37)75-17-5-6-18-77(61,62)63)52-54-38-16-13-35(78(64,65)66)24-46(38)79(67,68)69)57-56-40-26-44(74-4)42(20-29(40)2)58-59-48-47(80(70,71)72)22-30-21-32(9-14-36(30)49(48)60)51-27-76-34-11-7-31(50)8-12-34/h7-16,19-26,51,60H,5-6,17-18,27,50H2,1-4H3,(H,61,62,63)(H,64,65,66)(H,67,68,69)(H,70,71,72). The second-order valence-corrected chi connectivity index (χ2v) is 22.8. The van der Waals surface area contributed by atoms with Crippen LogP contribution in [0.1, 0.15) is 24.0 Å². The van der Waals surface area contributed by atoms with E-state index in [1.54, 1.807) is 56.3 Å². The lowest BCUT2D eigenvalue weighted by Gasteiger charge is -2.12. The maximum Gasteiger partial charge on any atom is 0.296 e. The third-order valence-corrected chi connectivity index (χ3v) is 14.7. The predicted molar refractivity (Wildman–Crippen MR) is 291 cm³/mol. The minimum Gasteiger partial charge on any atom is -0.505 e. The van der Waals surface area contributed by atoms with Gasteiger partial charge in [0.2, 0.25) is 0 Å². The molecule has 80 heavy (non-hydrogen) atoms. The first-order valence-corrected chi connectivity index (χ1v) is 29.0. The largest absolute Gasteiger partial charge is 0.505 e. The van der Waals surface area contributed by atoms with Crippen LogP contribution in [0.15, 0.2) is 165 Å². The molecule has 0 radical (unpaired) electrons. The Bertz CT molecular complexity index is 4110. The molecule has 0 unspecified atom stereocenters. The summed E-state index contributed by atoms with van der Waals surface area (Å²) in [6.45, 7) is 3.35. The number of nitrogen functional groups attached to an aromatic ring is 1. The van der Waals surface area contributed by atoms with Crippen LogP contribution in [0.2, 0.25) is 0 Å². The van der Waals surface area contributed by atoms with Crippen LogP contribution in [-0.4, -0.2) is 90.3 Å². The van der Waals surface area contributed by atoms with E-state index >= 15 is 0 Å². The lowest BCUT2D eigenvalue weighted by Crippen LogP contribution is -2.08. The van der Waals surface area contributed by atoms with Crippen LogP contribution in [0.3, 0.4) is 0 Å². The van der Waals surface area contributed by atoms with Gasteiger partial charge in [-0.15, -0.1) is 25.6 Å². The number of nitrogens with one attached hydrogen (secondary N) is 1. The van der Waals surface area contributed by atoms with E-state index in [2.05, 4.69) is 46.2 Å². The van der Waals surface area contributed by atoms with Gasteiger partial charge >= 0.3 is 0 Å². The number of phenols is 1. The molecule has 0 atom stereocenters. The van der Waals surface area contributed by atoms with Crippen molar-refractivity contribution in [1.82, 2.24) is 0 Å². The average Bonchev–Trinajstić information content (AvgIpc) is 3.39. The zero-order chi connectivity index (χ0) is 58.2. The molecule has 0 aromatic heterocycles. The molecule has 420 valence electrons. The molecular formula is C49H48N10O17S4. The van der Waals surface area contributed by atoms with Gasteiger partial charge in [0.1, 0.15) is 61.2 Å². The lowest BCUT2D eigenvalue weighted by atomic mass is 10.1. The van der Waals surface area contributed by atoms with Crippen molar-refractivity contribution in [2.75, 3.05) is 44.4 Å². The van der Waals surface area contributed by atoms with E-state index in [9.17, 15) is 52.4 Å². The Labute approximate surface area is 457 Å². The lowest BCUT2D eigenvalue weighted by molar-refractivity contribution is 0.310. The van der Waals surface area contributed by atoms with Crippen LogP contribution in [0.4, 0.5) is 56.9 Å². The second-order valence-electron chi connectivity index (χ2n) is 17.0. The summed E-state index contributed by atoms with van der Waals surface area (Å²) in [5.41, 5.74) is 7.95. The number of hydrogen-bond donors (Lipinski definition) is 7. The Kier molecular flexibility index (Phi) is 18.2. The van der Waals surface area contributed by atoms with E-state index < -0.39 is 78.0 Å². The summed E-state index contributed by atoms with van der Waals surface area (Å²) in [4.78, 5) is -2.51. The van der Waals surface area contributed by atoms with Crippen LogP contribution >= 0.6 is 0 Å². The molecule has 0 fully saturated rings. The zero-order valence-corrected chi connectivity index (χ0v) is 45.6. The number of aryl methyl sites for hydroxylation is 2. The van der Waals surface area contributed by atoms with Gasteiger partial charge in [0, 0.05) is 35.0 Å². The van der Waals surface area contributed by atoms with Crippen LogP contribution in [0, 0.1) is 13.8 Å². The fourth-order valence-electron chi connectivity index (χ4n) is 7.25. The fraction of sp³-hybridized carbons (Fsp3) is 0.184. The van der Waals surface area contributed by atoms with Crippen molar-refractivity contribution in [3.05, 3.63) is 120 Å². The van der Waals surface area contributed by atoms with E-state index in [4.69, 9.17) is 29.2 Å². The number of benzene rings is 7. The van der Waals surface area contributed by atoms with E-state index in [1.165, 1.54) is 56.7 Å². The van der Waals surface area contributed by atoms with Gasteiger partial charge < -0.3 is 35.1 Å². The number of nitrogens with two attached hydrogens (primary N) is 1. The molecule has 0 spiro atoms. The number of methoxy groups -OCH3 is 2. The number of phenolic OH excluding ortho intramolecular Hbond substituents is 1. The highest BCUT2D eigenvalue weighted by Crippen LogP contribution is 2.45. The number of aromatic hydroxyl groups is 1. The highest BCUT2D eigenvalue weighted by molar-refractivity contribution is 7.87. The number of fused-ring (bicyclic) bond motifs is 1. The smallest absolute Gasteiger partial charge is 0.296 e. The minimum atomic E-state index is -5.06. The third kappa shape index (κ3) is 15.4. The Morgan fingerprint density at radius 3 is 1.69 bits per heavy atom. The Morgan fingerprint density at radius 1 is 0.525 bits per heavy atom. The second kappa shape index (κ2) is 24.6. The highest BCUT2D eigenvalue weighted by Gasteiger charge is 2.24. The quantitative estimate of drug-likeness (QED) is 0.0103. The molecule has 7 aromatic rings. The molecule has 7 rings (SSSR count). The maximum atomic E-state index is 12.7. The molecule has 0 amide bonds. The Morgan fingerprint density at radius 2 is 1.10 bits per heavy atom. The van der Waals surface area contributed by atoms with Gasteiger partial charge in [0.05, 0.1) is 48.5 Å². The van der Waals surface area contributed by atoms with Crippen LogP contribution in [-0.2, 0) is 40.5 Å². The predicted octanol–water partition coefficient (Wildman–Crippen LogP) is 11.7. The SMILES string of the molecule is COc1cc(N=Nc2ccc(N=Nc3ccc(S(=O)(=O)O)cc3S(=O)(=O)O)cc2OCCCCS(=O)(=O)O)c(C)cc1N=Nc1cc(OC)c(N=Nc2c(S(=O)(=O)O)cc3cc(NCOc4ccc(N)cc4)ccc3c2O)cc1C. The fourth-order valence-corrected chi connectivity index (χ4v) is 9.71. The molecule has 0 bridgehead atoms. The first-order valence-electron chi connectivity index (χ1n) is 23.1. The molecule has 0 aliphatic heterocycles.